The number of anilines is 2. The molecule has 3 aromatic rings. The summed E-state index contributed by atoms with van der Waals surface area (Å²) in [6.45, 7) is 4.09. The summed E-state index contributed by atoms with van der Waals surface area (Å²) in [4.78, 5) is 28.4. The summed E-state index contributed by atoms with van der Waals surface area (Å²) >= 11 is 0. The molecule has 2 N–H and O–H groups in total. The fourth-order valence-corrected chi connectivity index (χ4v) is 3.45. The van der Waals surface area contributed by atoms with Gasteiger partial charge in [-0.1, -0.05) is 18.2 Å². The van der Waals surface area contributed by atoms with Crippen LogP contribution in [0.5, 0.6) is 11.5 Å². The first kappa shape index (κ1) is 20.4. The maximum atomic E-state index is 12.3. The van der Waals surface area contributed by atoms with E-state index in [1.54, 1.807) is 10.7 Å². The fourth-order valence-electron chi connectivity index (χ4n) is 3.45. The summed E-state index contributed by atoms with van der Waals surface area (Å²) in [7, 11) is 0. The molecule has 2 heterocycles. The smallest absolute Gasteiger partial charge is 0.262 e. The van der Waals surface area contributed by atoms with Crippen molar-refractivity contribution in [3.8, 4) is 11.5 Å². The van der Waals surface area contributed by atoms with E-state index >= 15 is 0 Å². The van der Waals surface area contributed by atoms with Gasteiger partial charge in [-0.15, -0.1) is 0 Å². The van der Waals surface area contributed by atoms with Gasteiger partial charge in [-0.25, -0.2) is 4.68 Å². The van der Waals surface area contributed by atoms with E-state index in [9.17, 15) is 9.59 Å². The molecular weight excluding hydrogens is 398 g/mol. The number of benzene rings is 2. The summed E-state index contributed by atoms with van der Waals surface area (Å²) < 4.78 is 13.1. The Morgan fingerprint density at radius 2 is 2.10 bits per heavy atom. The number of hydrogen-bond donors (Lipinski definition) is 2. The second kappa shape index (κ2) is 8.86. The molecule has 1 aliphatic rings. The molecule has 1 aliphatic heterocycles. The average molecular weight is 421 g/mol. The Hall–Kier alpha value is -3.88. The van der Waals surface area contributed by atoms with Gasteiger partial charge in [0.05, 0.1) is 19.1 Å². The van der Waals surface area contributed by atoms with E-state index in [1.807, 2.05) is 50.2 Å². The van der Waals surface area contributed by atoms with Crippen LogP contribution in [-0.4, -0.2) is 39.8 Å². The van der Waals surface area contributed by atoms with E-state index in [0.717, 1.165) is 11.1 Å². The van der Waals surface area contributed by atoms with Crippen LogP contribution in [0, 0.1) is 6.92 Å². The zero-order valence-corrected chi connectivity index (χ0v) is 17.3. The van der Waals surface area contributed by atoms with Gasteiger partial charge in [0, 0.05) is 5.69 Å². The number of ether oxygens (including phenoxy) is 2. The summed E-state index contributed by atoms with van der Waals surface area (Å²) in [5.74, 6) is 0.956. The van der Waals surface area contributed by atoms with Crippen LogP contribution >= 0.6 is 0 Å². The van der Waals surface area contributed by atoms with E-state index in [4.69, 9.17) is 9.47 Å². The Kier molecular flexibility index (Phi) is 5.83. The van der Waals surface area contributed by atoms with Crippen LogP contribution in [0.2, 0.25) is 0 Å². The van der Waals surface area contributed by atoms with Gasteiger partial charge in [0.1, 0.15) is 6.33 Å². The number of aromatic nitrogens is 3. The standard InChI is InChI=1S/C22H23N5O4/c1-3-30-19-10-15(17-11-20(28)26-22-23-13-24-27(17)22)7-8-18(19)31-12-21(29)25-16-6-4-5-14(2)9-16/h4-10,13,17H,3,11-12H2,1-2H3,(H,25,29)(H,23,24,26,28)/t17-/m1/s1. The molecule has 0 radical (unpaired) electrons. The van der Waals surface area contributed by atoms with Crippen LogP contribution in [0.25, 0.3) is 0 Å². The Labute approximate surface area is 179 Å². The van der Waals surface area contributed by atoms with Crippen LogP contribution < -0.4 is 20.1 Å². The minimum Gasteiger partial charge on any atom is -0.490 e. The first-order valence-electron chi connectivity index (χ1n) is 9.99. The van der Waals surface area contributed by atoms with Crippen molar-refractivity contribution >= 4 is 23.5 Å². The Morgan fingerprint density at radius 1 is 1.23 bits per heavy atom. The first-order valence-corrected chi connectivity index (χ1v) is 9.99. The predicted molar refractivity (Wildman–Crippen MR) is 114 cm³/mol. The third-order valence-electron chi connectivity index (χ3n) is 4.81. The van der Waals surface area contributed by atoms with Crippen LogP contribution in [0.3, 0.4) is 0 Å². The van der Waals surface area contributed by atoms with Gasteiger partial charge in [0.2, 0.25) is 11.9 Å². The SMILES string of the molecule is CCOc1cc([C@H]2CC(=O)Nc3ncnn32)ccc1OCC(=O)Nc1cccc(C)c1. The number of aryl methyl sites for hydroxylation is 1. The molecule has 0 spiro atoms. The number of nitrogens with zero attached hydrogens (tertiary/aromatic N) is 3. The van der Waals surface area contributed by atoms with Crippen molar-refractivity contribution in [2.45, 2.75) is 26.3 Å². The molecular formula is C22H23N5O4. The third-order valence-corrected chi connectivity index (χ3v) is 4.81. The number of carbonyl (C=O) groups excluding carboxylic acids is 2. The number of rotatable bonds is 7. The lowest BCUT2D eigenvalue weighted by Gasteiger charge is -2.24. The van der Waals surface area contributed by atoms with Gasteiger partial charge in [-0.05, 0) is 49.2 Å². The molecule has 31 heavy (non-hydrogen) atoms. The Morgan fingerprint density at radius 3 is 2.90 bits per heavy atom. The van der Waals surface area contributed by atoms with E-state index < -0.39 is 0 Å². The molecule has 1 aromatic heterocycles. The highest BCUT2D eigenvalue weighted by molar-refractivity contribution is 5.92. The highest BCUT2D eigenvalue weighted by Crippen LogP contribution is 2.35. The monoisotopic (exact) mass is 421 g/mol. The molecule has 0 saturated heterocycles. The van der Waals surface area contributed by atoms with Gasteiger partial charge in [0.15, 0.2) is 18.1 Å². The highest BCUT2D eigenvalue weighted by Gasteiger charge is 2.28. The molecule has 0 saturated carbocycles. The molecule has 4 rings (SSSR count). The van der Waals surface area contributed by atoms with E-state index in [-0.39, 0.29) is 30.9 Å². The topological polar surface area (TPSA) is 107 Å². The molecule has 0 bridgehead atoms. The summed E-state index contributed by atoms with van der Waals surface area (Å²) in [5.41, 5.74) is 2.61. The Balaban J connectivity index is 1.49. The second-order valence-electron chi connectivity index (χ2n) is 7.14. The van der Waals surface area contributed by atoms with Crippen molar-refractivity contribution in [2.24, 2.45) is 0 Å². The largest absolute Gasteiger partial charge is 0.490 e. The highest BCUT2D eigenvalue weighted by atomic mass is 16.5. The van der Waals surface area contributed by atoms with Crippen molar-refractivity contribution in [1.82, 2.24) is 14.8 Å². The lowest BCUT2D eigenvalue weighted by atomic mass is 10.0. The van der Waals surface area contributed by atoms with Crippen molar-refractivity contribution in [1.29, 1.82) is 0 Å². The van der Waals surface area contributed by atoms with Crippen LogP contribution in [-0.2, 0) is 9.59 Å². The lowest BCUT2D eigenvalue weighted by Crippen LogP contribution is -2.29. The second-order valence-corrected chi connectivity index (χ2v) is 7.14. The average Bonchev–Trinajstić information content (AvgIpc) is 3.21. The molecule has 0 fully saturated rings. The van der Waals surface area contributed by atoms with E-state index in [1.165, 1.54) is 6.33 Å². The minimum atomic E-state index is -0.302. The quantitative estimate of drug-likeness (QED) is 0.607. The van der Waals surface area contributed by atoms with Gasteiger partial charge in [-0.2, -0.15) is 10.1 Å². The van der Waals surface area contributed by atoms with E-state index in [0.29, 0.717) is 29.7 Å². The van der Waals surface area contributed by atoms with Crippen molar-refractivity contribution in [3.05, 3.63) is 59.9 Å². The summed E-state index contributed by atoms with van der Waals surface area (Å²) in [6.07, 6.45) is 1.64. The predicted octanol–water partition coefficient (Wildman–Crippen LogP) is 2.93. The summed E-state index contributed by atoms with van der Waals surface area (Å²) in [5, 5.41) is 9.73. The van der Waals surface area contributed by atoms with Crippen molar-refractivity contribution in [2.75, 3.05) is 23.8 Å². The maximum absolute atomic E-state index is 12.3. The zero-order valence-electron chi connectivity index (χ0n) is 17.3. The van der Waals surface area contributed by atoms with Crippen molar-refractivity contribution in [3.63, 3.8) is 0 Å². The Bertz CT molecular complexity index is 1110. The number of nitrogens with one attached hydrogen (secondary N) is 2. The lowest BCUT2D eigenvalue weighted by molar-refractivity contribution is -0.118. The molecule has 0 aliphatic carbocycles. The number of carbonyl (C=O) groups is 2. The normalized spacial score (nSPS) is 15.0. The van der Waals surface area contributed by atoms with Gasteiger partial charge < -0.3 is 14.8 Å². The molecule has 2 aromatic carbocycles. The molecule has 1 atom stereocenters. The maximum Gasteiger partial charge on any atom is 0.262 e. The molecule has 0 unspecified atom stereocenters. The summed E-state index contributed by atoms with van der Waals surface area (Å²) in [6, 6.07) is 12.6. The van der Waals surface area contributed by atoms with E-state index in [2.05, 4.69) is 20.7 Å². The van der Waals surface area contributed by atoms with Gasteiger partial charge in [-0.3, -0.25) is 14.9 Å². The molecule has 9 heteroatoms. The van der Waals surface area contributed by atoms with Crippen LogP contribution in [0.1, 0.15) is 30.5 Å². The molecule has 9 nitrogen and oxygen atoms in total. The van der Waals surface area contributed by atoms with Gasteiger partial charge in [0.25, 0.3) is 5.91 Å². The van der Waals surface area contributed by atoms with Gasteiger partial charge >= 0.3 is 0 Å². The number of hydrogen-bond acceptors (Lipinski definition) is 6. The number of amides is 2. The van der Waals surface area contributed by atoms with Crippen LogP contribution in [0.15, 0.2) is 48.8 Å². The minimum absolute atomic E-state index is 0.128. The van der Waals surface area contributed by atoms with Crippen LogP contribution in [0.4, 0.5) is 11.6 Å². The molecule has 2 amide bonds. The zero-order chi connectivity index (χ0) is 21.8. The third kappa shape index (κ3) is 4.66. The number of fused-ring (bicyclic) bond motifs is 1. The van der Waals surface area contributed by atoms with Crippen molar-refractivity contribution < 1.29 is 19.1 Å². The fraction of sp³-hybridized carbons (Fsp3) is 0.273. The first-order chi connectivity index (χ1) is 15.0. The molecule has 160 valence electrons.